The van der Waals surface area contributed by atoms with Gasteiger partial charge in [0.2, 0.25) is 0 Å². The van der Waals surface area contributed by atoms with Gasteiger partial charge in [0.15, 0.2) is 0 Å². The normalized spacial score (nSPS) is 24.6. The summed E-state index contributed by atoms with van der Waals surface area (Å²) < 4.78 is 14.7. The Hall–Kier alpha value is 0.270. The molecule has 0 radical (unpaired) electrons. The summed E-state index contributed by atoms with van der Waals surface area (Å²) >= 11 is 0. The van der Waals surface area contributed by atoms with Gasteiger partial charge in [-0.1, -0.05) is 0 Å². The van der Waals surface area contributed by atoms with E-state index in [9.17, 15) is 4.89 Å². The molecule has 1 rings (SSSR count). The van der Waals surface area contributed by atoms with E-state index >= 15 is 0 Å². The molecule has 0 saturated carbocycles. The van der Waals surface area contributed by atoms with Crippen molar-refractivity contribution in [3.63, 3.8) is 0 Å². The van der Waals surface area contributed by atoms with Gasteiger partial charge in [0.25, 0.3) is 0 Å². The summed E-state index contributed by atoms with van der Waals surface area (Å²) in [7, 11) is -2.86. The van der Waals surface area contributed by atoms with E-state index in [2.05, 4.69) is 0 Å². The van der Waals surface area contributed by atoms with Gasteiger partial charge < -0.3 is 0 Å². The molecule has 0 aromatic rings. The Morgan fingerprint density at radius 3 is 2.60 bits per heavy atom. The monoisotopic (exact) mass is 167 g/mol. The molecule has 0 aromatic carbocycles. The molecule has 0 amide bonds. The van der Waals surface area contributed by atoms with Crippen molar-refractivity contribution in [2.45, 2.75) is 13.3 Å². The first kappa shape index (κ1) is 8.37. The summed E-state index contributed by atoms with van der Waals surface area (Å²) in [4.78, 5) is 9.32. The zero-order valence-corrected chi connectivity index (χ0v) is 6.84. The predicted octanol–water partition coefficient (Wildman–Crippen LogP) is 1.13. The average Bonchev–Trinajstić information content (AvgIpc) is 1.89. The van der Waals surface area contributed by atoms with Crippen LogP contribution in [0.5, 0.6) is 0 Å². The second-order valence-corrected chi connectivity index (χ2v) is 3.62. The maximum Gasteiger partial charge on any atom is 0.572 e. The highest BCUT2D eigenvalue weighted by Crippen LogP contribution is 2.59. The number of hydrogen-bond donors (Lipinski definition) is 1. The van der Waals surface area contributed by atoms with Gasteiger partial charge in [-0.25, -0.2) is 0 Å². The van der Waals surface area contributed by atoms with Crippen molar-refractivity contribution in [1.82, 2.24) is 0 Å². The Balaban J connectivity index is 2.32. The zero-order chi connectivity index (χ0) is 7.45. The molecule has 1 N–H and O–H groups in total. The number of rotatable bonds is 2. The predicted molar refractivity (Wildman–Crippen MR) is 37.3 cm³/mol. The molecule has 1 aliphatic rings. The van der Waals surface area contributed by atoms with Crippen LogP contribution in [0.3, 0.4) is 0 Å². The van der Waals surface area contributed by atoms with Gasteiger partial charge in [-0.15, -0.1) is 0 Å². The van der Waals surface area contributed by atoms with Crippen molar-refractivity contribution in [2.24, 2.45) is 0 Å². The van der Waals surface area contributed by atoms with Crippen LogP contribution >= 0.6 is 8.17 Å². The quantitative estimate of drug-likeness (QED) is 0.626. The molecule has 10 heavy (non-hydrogen) atoms. The molecule has 4 nitrogen and oxygen atoms in total. The van der Waals surface area contributed by atoms with Crippen LogP contribution in [-0.4, -0.2) is 24.7 Å². The maximum absolute atomic E-state index is 9.32. The summed E-state index contributed by atoms with van der Waals surface area (Å²) in [5.74, 6) is 0. The van der Waals surface area contributed by atoms with Crippen LogP contribution in [0.4, 0.5) is 0 Å². The van der Waals surface area contributed by atoms with E-state index < -0.39 is 8.17 Å². The first-order chi connectivity index (χ1) is 4.77. The zero-order valence-electron chi connectivity index (χ0n) is 5.95. The van der Waals surface area contributed by atoms with E-state index in [0.717, 1.165) is 6.42 Å². The largest absolute Gasteiger partial charge is 0.572 e. The van der Waals surface area contributed by atoms with E-state index in [-0.39, 0.29) is 0 Å². The second kappa shape index (κ2) is 3.60. The molecule has 0 aliphatic carbocycles. The third-order valence-corrected chi connectivity index (χ3v) is 2.69. The molecule has 0 spiro atoms. The average molecular weight is 167 g/mol. The minimum Gasteiger partial charge on any atom is -0.168 e. The third-order valence-electron chi connectivity index (χ3n) is 1.09. The molecule has 60 valence electrons. The molecular formula is C5H12O4P+. The highest BCUT2D eigenvalue weighted by molar-refractivity contribution is 7.55. The van der Waals surface area contributed by atoms with Crippen molar-refractivity contribution in [3.05, 3.63) is 0 Å². The fourth-order valence-electron chi connectivity index (χ4n) is 0.694. The van der Waals surface area contributed by atoms with E-state index in [1.54, 1.807) is 6.92 Å². The van der Waals surface area contributed by atoms with Crippen LogP contribution in [0, 0.1) is 0 Å². The molecule has 1 aliphatic heterocycles. The summed E-state index contributed by atoms with van der Waals surface area (Å²) in [6.07, 6.45) is 0.829. The lowest BCUT2D eigenvalue weighted by atomic mass is 10.5. The van der Waals surface area contributed by atoms with E-state index in [1.807, 2.05) is 0 Å². The van der Waals surface area contributed by atoms with Crippen LogP contribution in [0.1, 0.15) is 13.3 Å². The second-order valence-electron chi connectivity index (χ2n) is 1.91. The highest BCUT2D eigenvalue weighted by Gasteiger charge is 2.46. The van der Waals surface area contributed by atoms with Crippen LogP contribution in [-0.2, 0) is 13.6 Å². The topological polar surface area (TPSA) is 47.9 Å². The number of hydrogen-bond acceptors (Lipinski definition) is 4. The van der Waals surface area contributed by atoms with Gasteiger partial charge >= 0.3 is 8.17 Å². The van der Waals surface area contributed by atoms with Crippen LogP contribution in [0.25, 0.3) is 0 Å². The lowest BCUT2D eigenvalue weighted by molar-refractivity contribution is 0.0488. The van der Waals surface area contributed by atoms with Gasteiger partial charge in [0.1, 0.15) is 13.2 Å². The molecular weight excluding hydrogens is 155 g/mol. The summed E-state index contributed by atoms with van der Waals surface area (Å²) in [6, 6.07) is 0. The van der Waals surface area contributed by atoms with Crippen molar-refractivity contribution < 1.29 is 18.5 Å². The fourth-order valence-corrected chi connectivity index (χ4v) is 1.96. The lowest BCUT2D eigenvalue weighted by Crippen LogP contribution is -2.14. The summed E-state index contributed by atoms with van der Waals surface area (Å²) in [5.41, 5.74) is 0. The SMILES string of the molecule is CCO[P+]1(O)OCCCO1. The summed E-state index contributed by atoms with van der Waals surface area (Å²) in [5, 5.41) is 0. The Morgan fingerprint density at radius 2 is 2.10 bits per heavy atom. The smallest absolute Gasteiger partial charge is 0.168 e. The van der Waals surface area contributed by atoms with Gasteiger partial charge in [0, 0.05) is 6.42 Å². The standard InChI is InChI=1S/C5H12O4P/c1-2-7-10(6)8-4-3-5-9-10/h6H,2-5H2,1H3/q+1. The van der Waals surface area contributed by atoms with Crippen LogP contribution in [0.15, 0.2) is 0 Å². The van der Waals surface area contributed by atoms with Crippen molar-refractivity contribution in [3.8, 4) is 0 Å². The van der Waals surface area contributed by atoms with E-state index in [4.69, 9.17) is 13.6 Å². The van der Waals surface area contributed by atoms with Crippen molar-refractivity contribution in [2.75, 3.05) is 19.8 Å². The van der Waals surface area contributed by atoms with Crippen molar-refractivity contribution >= 4 is 8.17 Å². The van der Waals surface area contributed by atoms with Crippen LogP contribution in [0.2, 0.25) is 0 Å². The Morgan fingerprint density at radius 1 is 1.50 bits per heavy atom. The molecule has 1 saturated heterocycles. The van der Waals surface area contributed by atoms with Gasteiger partial charge in [-0.3, -0.25) is 0 Å². The minimum atomic E-state index is -2.86. The van der Waals surface area contributed by atoms with Crippen molar-refractivity contribution in [1.29, 1.82) is 0 Å². The highest BCUT2D eigenvalue weighted by atomic mass is 31.2. The lowest BCUT2D eigenvalue weighted by Gasteiger charge is -2.17. The first-order valence-corrected chi connectivity index (χ1v) is 4.82. The Bertz CT molecular complexity index is 96.3. The Kier molecular flexibility index (Phi) is 3.01. The maximum atomic E-state index is 9.32. The molecule has 0 unspecified atom stereocenters. The van der Waals surface area contributed by atoms with Crippen LogP contribution < -0.4 is 0 Å². The van der Waals surface area contributed by atoms with E-state index in [0.29, 0.717) is 19.8 Å². The molecule has 5 heteroatoms. The van der Waals surface area contributed by atoms with Gasteiger partial charge in [-0.2, -0.15) is 18.5 Å². The third kappa shape index (κ3) is 2.15. The van der Waals surface area contributed by atoms with Gasteiger partial charge in [-0.05, 0) is 6.92 Å². The molecule has 1 heterocycles. The molecule has 0 aromatic heterocycles. The summed E-state index contributed by atoms with van der Waals surface area (Å²) in [6.45, 7) is 3.28. The minimum absolute atomic E-state index is 0.421. The fraction of sp³-hybridized carbons (Fsp3) is 1.00. The molecule has 0 atom stereocenters. The van der Waals surface area contributed by atoms with Gasteiger partial charge in [0.05, 0.1) is 6.61 Å². The molecule has 1 fully saturated rings. The first-order valence-electron chi connectivity index (χ1n) is 3.32. The molecule has 0 bridgehead atoms. The Labute approximate surface area is 60.8 Å². The van der Waals surface area contributed by atoms with E-state index in [1.165, 1.54) is 0 Å².